The van der Waals surface area contributed by atoms with Crippen LogP contribution in [0.4, 0.5) is 0 Å². The predicted molar refractivity (Wildman–Crippen MR) is 213 cm³/mol. The second-order valence-electron chi connectivity index (χ2n) is 11.8. The van der Waals surface area contributed by atoms with Crippen LogP contribution < -0.4 is 10.4 Å². The van der Waals surface area contributed by atoms with Crippen molar-refractivity contribution in [3.63, 3.8) is 0 Å². The first-order valence-corrected chi connectivity index (χ1v) is 16.9. The second kappa shape index (κ2) is 13.2. The van der Waals surface area contributed by atoms with Crippen LogP contribution in [-0.4, -0.2) is 0 Å². The molecule has 0 aliphatic carbocycles. The number of hydrogen-bond acceptors (Lipinski definition) is 0. The Morgan fingerprint density at radius 2 is 0.667 bits per heavy atom. The molecule has 0 aliphatic rings. The Bertz CT molecular complexity index is 2480. The van der Waals surface area contributed by atoms with Gasteiger partial charge in [0, 0.05) is 10.0 Å². The van der Waals surface area contributed by atoms with Crippen LogP contribution in [0.3, 0.4) is 0 Å². The summed E-state index contributed by atoms with van der Waals surface area (Å²) < 4.78 is 0. The van der Waals surface area contributed by atoms with Crippen molar-refractivity contribution < 1.29 is 0 Å². The first-order valence-electron chi connectivity index (χ1n) is 16.1. The molecule has 0 heterocycles. The highest BCUT2D eigenvalue weighted by Gasteiger charge is 2.20. The Labute approximate surface area is 292 Å². The zero-order chi connectivity index (χ0) is 33.4. The average molecular weight is 658 g/mol. The second-order valence-corrected chi connectivity index (χ2v) is 12.7. The van der Waals surface area contributed by atoms with Gasteiger partial charge in [0.25, 0.3) is 0 Å². The largest absolute Gasteiger partial charge is 0.0984 e. The lowest BCUT2D eigenvalue weighted by Crippen LogP contribution is -2.29. The van der Waals surface area contributed by atoms with Gasteiger partial charge in [-0.2, -0.15) is 0 Å². The van der Waals surface area contributed by atoms with Crippen LogP contribution >= 0.6 is 23.2 Å². The molecule has 0 amide bonds. The molecule has 0 radical (unpaired) electrons. The lowest BCUT2D eigenvalue weighted by Gasteiger charge is -2.20. The van der Waals surface area contributed by atoms with Crippen LogP contribution in [0.5, 0.6) is 0 Å². The highest BCUT2D eigenvalue weighted by Crippen LogP contribution is 2.44. The van der Waals surface area contributed by atoms with Crippen molar-refractivity contribution in [2.45, 2.75) is 13.8 Å². The predicted octanol–water partition coefficient (Wildman–Crippen LogP) is 12.9. The van der Waals surface area contributed by atoms with Crippen molar-refractivity contribution >= 4 is 69.1 Å². The molecule has 0 saturated heterocycles. The number of rotatable bonds is 6. The van der Waals surface area contributed by atoms with E-state index in [0.717, 1.165) is 49.4 Å². The summed E-state index contributed by atoms with van der Waals surface area (Å²) >= 11 is 12.6. The van der Waals surface area contributed by atoms with E-state index in [9.17, 15) is 0 Å². The monoisotopic (exact) mass is 656 g/mol. The molecular formula is C46H34Cl2. The SMILES string of the molecule is C=Cc1c(C=C)c(-c2ccc(-c3c(=C/C)/c(=C\C)c(-c4ccc(Cl)cc4)c4ccccc34)cc2)c2ccccc2c1-c1ccc(Cl)cc1. The summed E-state index contributed by atoms with van der Waals surface area (Å²) in [6.45, 7) is 12.8. The molecule has 0 atom stereocenters. The number of hydrogen-bond donors (Lipinski definition) is 0. The molecule has 0 aromatic heterocycles. The van der Waals surface area contributed by atoms with E-state index < -0.39 is 0 Å². The van der Waals surface area contributed by atoms with E-state index in [-0.39, 0.29) is 0 Å². The van der Waals surface area contributed by atoms with Crippen molar-refractivity contribution in [2.75, 3.05) is 0 Å². The third kappa shape index (κ3) is 5.28. The molecule has 0 N–H and O–H groups in total. The summed E-state index contributed by atoms with van der Waals surface area (Å²) in [6, 6.07) is 42.5. The van der Waals surface area contributed by atoms with E-state index in [1.165, 1.54) is 43.3 Å². The molecule has 0 saturated carbocycles. The van der Waals surface area contributed by atoms with E-state index in [1.807, 2.05) is 36.4 Å². The van der Waals surface area contributed by atoms with Gasteiger partial charge in [0.15, 0.2) is 0 Å². The summed E-state index contributed by atoms with van der Waals surface area (Å²) in [5, 5.41) is 8.63. The van der Waals surface area contributed by atoms with E-state index in [1.54, 1.807) is 0 Å². The topological polar surface area (TPSA) is 0 Å². The number of benzene rings is 7. The van der Waals surface area contributed by atoms with Gasteiger partial charge in [-0.05, 0) is 126 Å². The Kier molecular flexibility index (Phi) is 8.63. The smallest absolute Gasteiger partial charge is 0.0406 e. The summed E-state index contributed by atoms with van der Waals surface area (Å²) in [5.41, 5.74) is 11.4. The van der Waals surface area contributed by atoms with E-state index in [0.29, 0.717) is 5.02 Å². The minimum Gasteiger partial charge on any atom is -0.0984 e. The Hall–Kier alpha value is -5.14. The van der Waals surface area contributed by atoms with E-state index in [2.05, 4.69) is 136 Å². The van der Waals surface area contributed by atoms with Gasteiger partial charge in [0.2, 0.25) is 0 Å². The molecule has 7 aromatic rings. The summed E-state index contributed by atoms with van der Waals surface area (Å²) in [5.74, 6) is 0. The van der Waals surface area contributed by atoms with Gasteiger partial charge < -0.3 is 0 Å². The van der Waals surface area contributed by atoms with Crippen LogP contribution in [0.2, 0.25) is 10.0 Å². The van der Waals surface area contributed by atoms with Gasteiger partial charge in [-0.1, -0.05) is 158 Å². The van der Waals surface area contributed by atoms with Gasteiger partial charge in [0.1, 0.15) is 0 Å². The fraction of sp³-hybridized carbons (Fsp3) is 0.0435. The summed E-state index contributed by atoms with van der Waals surface area (Å²) in [7, 11) is 0. The molecule has 0 nitrogen and oxygen atoms in total. The molecular weight excluding hydrogens is 623 g/mol. The summed E-state index contributed by atoms with van der Waals surface area (Å²) in [6.07, 6.45) is 8.37. The van der Waals surface area contributed by atoms with E-state index in [4.69, 9.17) is 23.2 Å². The number of halogens is 2. The van der Waals surface area contributed by atoms with Crippen LogP contribution in [0, 0.1) is 0 Å². The molecule has 0 unspecified atom stereocenters. The maximum atomic E-state index is 6.29. The standard InChI is InChI=1S/C46H34Cl2/c1-5-35-37(7-3)45(31-21-25-33(47)26-22-31)41-15-11-9-13-39(41)43(35)29-17-19-30(20-18-29)44-36(6-2)38(8-4)46(32-23-27-34(48)28-24-32)42-16-12-10-14-40(42)44/h5-28H,1,3H2,2,4H3/b36-6+,38-8+. The van der Waals surface area contributed by atoms with Crippen LogP contribution in [0.1, 0.15) is 25.0 Å². The van der Waals surface area contributed by atoms with Crippen LogP contribution in [0.25, 0.3) is 90.4 Å². The maximum absolute atomic E-state index is 6.29. The lowest BCUT2D eigenvalue weighted by molar-refractivity contribution is 1.50. The van der Waals surface area contributed by atoms with Gasteiger partial charge in [-0.3, -0.25) is 0 Å². The molecule has 7 aromatic carbocycles. The molecule has 232 valence electrons. The van der Waals surface area contributed by atoms with Crippen molar-refractivity contribution in [3.8, 4) is 44.5 Å². The minimum atomic E-state index is 0.712. The highest BCUT2D eigenvalue weighted by molar-refractivity contribution is 6.31. The highest BCUT2D eigenvalue weighted by atomic mass is 35.5. The quantitative estimate of drug-likeness (QED) is 0.167. The first kappa shape index (κ1) is 31.5. The van der Waals surface area contributed by atoms with E-state index >= 15 is 0 Å². The molecule has 48 heavy (non-hydrogen) atoms. The van der Waals surface area contributed by atoms with Gasteiger partial charge in [-0.25, -0.2) is 0 Å². The van der Waals surface area contributed by atoms with Crippen molar-refractivity contribution in [2.24, 2.45) is 0 Å². The van der Waals surface area contributed by atoms with Gasteiger partial charge >= 0.3 is 0 Å². The fourth-order valence-electron chi connectivity index (χ4n) is 7.26. The van der Waals surface area contributed by atoms with Gasteiger partial charge in [-0.15, -0.1) is 0 Å². The number of fused-ring (bicyclic) bond motifs is 2. The third-order valence-electron chi connectivity index (χ3n) is 9.30. The molecule has 0 spiro atoms. The fourth-order valence-corrected chi connectivity index (χ4v) is 7.51. The van der Waals surface area contributed by atoms with Crippen molar-refractivity contribution in [1.82, 2.24) is 0 Å². The Morgan fingerprint density at radius 3 is 0.958 bits per heavy atom. The Morgan fingerprint density at radius 1 is 0.396 bits per heavy atom. The molecule has 0 fully saturated rings. The summed E-state index contributed by atoms with van der Waals surface area (Å²) in [4.78, 5) is 0. The first-order chi connectivity index (χ1) is 23.5. The normalized spacial score (nSPS) is 12.2. The van der Waals surface area contributed by atoms with Crippen LogP contribution in [0.15, 0.2) is 134 Å². The minimum absolute atomic E-state index is 0.712. The molecule has 7 rings (SSSR count). The zero-order valence-corrected chi connectivity index (χ0v) is 28.5. The molecule has 0 aliphatic heterocycles. The average Bonchev–Trinajstić information content (AvgIpc) is 3.13. The maximum Gasteiger partial charge on any atom is 0.0406 e. The van der Waals surface area contributed by atoms with Crippen LogP contribution in [-0.2, 0) is 0 Å². The Balaban J connectivity index is 1.47. The van der Waals surface area contributed by atoms with Gasteiger partial charge in [0.05, 0.1) is 0 Å². The molecule has 2 heteroatoms. The lowest BCUT2D eigenvalue weighted by atomic mass is 9.83. The van der Waals surface area contributed by atoms with Crippen molar-refractivity contribution in [3.05, 3.63) is 166 Å². The molecule has 0 bridgehead atoms. The zero-order valence-electron chi connectivity index (χ0n) is 27.0. The van der Waals surface area contributed by atoms with Crippen molar-refractivity contribution in [1.29, 1.82) is 0 Å². The third-order valence-corrected chi connectivity index (χ3v) is 9.81.